The normalized spacial score (nSPS) is 13.2. The lowest BCUT2D eigenvalue weighted by Crippen LogP contribution is -2.31. The van der Waals surface area contributed by atoms with Crippen LogP contribution in [0.3, 0.4) is 0 Å². The molecule has 1 aliphatic carbocycles. The molecule has 1 heterocycles. The average molecular weight is 423 g/mol. The molecule has 0 saturated carbocycles. The molecular weight excluding hydrogens is 404 g/mol. The summed E-state index contributed by atoms with van der Waals surface area (Å²) in [5, 5.41) is 12.1. The number of carbonyl (C=O) groups excluding carboxylic acids is 1. The Balaban J connectivity index is 1.47. The van der Waals surface area contributed by atoms with Gasteiger partial charge in [0.2, 0.25) is 0 Å². The summed E-state index contributed by atoms with van der Waals surface area (Å²) < 4.78 is 5.51. The maximum atomic E-state index is 12.5. The van der Waals surface area contributed by atoms with Gasteiger partial charge in [0.25, 0.3) is 0 Å². The van der Waals surface area contributed by atoms with Gasteiger partial charge in [-0.3, -0.25) is 4.79 Å². The fraction of sp³-hybridized carbons (Fsp3) is 0.174. The fourth-order valence-electron chi connectivity index (χ4n) is 3.80. The van der Waals surface area contributed by atoms with E-state index >= 15 is 0 Å². The van der Waals surface area contributed by atoms with Crippen LogP contribution in [0, 0.1) is 0 Å². The number of carbonyl (C=O) groups is 2. The lowest BCUT2D eigenvalue weighted by molar-refractivity contribution is -0.137. The van der Waals surface area contributed by atoms with E-state index in [0.29, 0.717) is 5.56 Å². The first-order valence-corrected chi connectivity index (χ1v) is 9.85. The molecule has 6 nitrogen and oxygen atoms in total. The van der Waals surface area contributed by atoms with E-state index < -0.39 is 18.1 Å². The molecule has 0 saturated heterocycles. The van der Waals surface area contributed by atoms with E-state index in [2.05, 4.69) is 22.4 Å². The van der Waals surface area contributed by atoms with Crippen LogP contribution in [0.15, 0.2) is 66.9 Å². The molecule has 0 bridgehead atoms. The Morgan fingerprint density at radius 2 is 1.67 bits per heavy atom. The second kappa shape index (κ2) is 8.55. The molecule has 4 rings (SSSR count). The molecule has 2 N–H and O–H groups in total. The zero-order chi connectivity index (χ0) is 21.1. The van der Waals surface area contributed by atoms with Crippen molar-refractivity contribution >= 4 is 23.7 Å². The highest BCUT2D eigenvalue weighted by Gasteiger charge is 2.29. The zero-order valence-electron chi connectivity index (χ0n) is 15.9. The number of benzene rings is 2. The van der Waals surface area contributed by atoms with Gasteiger partial charge in [0.1, 0.15) is 11.8 Å². The molecule has 0 fully saturated rings. The van der Waals surface area contributed by atoms with Gasteiger partial charge < -0.3 is 15.2 Å². The maximum Gasteiger partial charge on any atom is 0.407 e. The van der Waals surface area contributed by atoms with Crippen molar-refractivity contribution in [3.63, 3.8) is 0 Å². The molecule has 2 aromatic carbocycles. The largest absolute Gasteiger partial charge is 0.481 e. The highest BCUT2D eigenvalue weighted by atomic mass is 35.5. The van der Waals surface area contributed by atoms with E-state index in [-0.39, 0.29) is 24.1 Å². The number of amides is 1. The molecule has 0 spiro atoms. The fourth-order valence-corrected chi connectivity index (χ4v) is 3.91. The number of nitrogens with one attached hydrogen (secondary N) is 1. The van der Waals surface area contributed by atoms with E-state index in [9.17, 15) is 14.7 Å². The number of aliphatic carboxylic acids is 1. The monoisotopic (exact) mass is 422 g/mol. The van der Waals surface area contributed by atoms with E-state index in [0.717, 1.165) is 22.3 Å². The van der Waals surface area contributed by atoms with E-state index in [1.165, 1.54) is 6.20 Å². The summed E-state index contributed by atoms with van der Waals surface area (Å²) in [6.07, 6.45) is 0.464. The van der Waals surface area contributed by atoms with Gasteiger partial charge in [0.15, 0.2) is 0 Å². The zero-order valence-corrected chi connectivity index (χ0v) is 16.7. The van der Waals surface area contributed by atoms with Crippen LogP contribution in [0.4, 0.5) is 4.79 Å². The van der Waals surface area contributed by atoms with Crippen molar-refractivity contribution in [2.75, 3.05) is 6.61 Å². The first kappa shape index (κ1) is 19.9. The van der Waals surface area contributed by atoms with Crippen LogP contribution in [0.25, 0.3) is 11.1 Å². The van der Waals surface area contributed by atoms with Crippen LogP contribution in [-0.2, 0) is 9.53 Å². The molecular formula is C23H19ClN2O4. The molecule has 1 aromatic heterocycles. The van der Waals surface area contributed by atoms with Gasteiger partial charge in [-0.15, -0.1) is 0 Å². The lowest BCUT2D eigenvalue weighted by atomic mass is 9.98. The van der Waals surface area contributed by atoms with E-state index in [1.807, 2.05) is 36.4 Å². The van der Waals surface area contributed by atoms with Crippen LogP contribution in [0.1, 0.15) is 35.1 Å². The van der Waals surface area contributed by atoms with Crippen molar-refractivity contribution in [2.45, 2.75) is 18.4 Å². The molecule has 0 aliphatic heterocycles. The topological polar surface area (TPSA) is 88.5 Å². The highest BCUT2D eigenvalue weighted by Crippen LogP contribution is 2.44. The number of rotatable bonds is 6. The van der Waals surface area contributed by atoms with Gasteiger partial charge in [0, 0.05) is 12.1 Å². The van der Waals surface area contributed by atoms with Crippen molar-refractivity contribution in [2.24, 2.45) is 0 Å². The molecule has 30 heavy (non-hydrogen) atoms. The second-order valence-corrected chi connectivity index (χ2v) is 7.42. The van der Waals surface area contributed by atoms with E-state index in [4.69, 9.17) is 16.3 Å². The minimum atomic E-state index is -1.05. The molecule has 0 radical (unpaired) electrons. The van der Waals surface area contributed by atoms with Crippen LogP contribution in [0.2, 0.25) is 5.15 Å². The Kier molecular flexibility index (Phi) is 5.68. The first-order valence-electron chi connectivity index (χ1n) is 9.47. The van der Waals surface area contributed by atoms with E-state index in [1.54, 1.807) is 12.1 Å². The maximum absolute atomic E-state index is 12.5. The lowest BCUT2D eigenvalue weighted by Gasteiger charge is -2.19. The number of hydrogen-bond donors (Lipinski definition) is 2. The second-order valence-electron chi connectivity index (χ2n) is 7.03. The number of carboxylic acids is 1. The molecule has 152 valence electrons. The molecule has 7 heteroatoms. The van der Waals surface area contributed by atoms with Gasteiger partial charge in [-0.2, -0.15) is 0 Å². The Bertz CT molecular complexity index is 1040. The number of hydrogen-bond acceptors (Lipinski definition) is 4. The van der Waals surface area contributed by atoms with Gasteiger partial charge in [0.05, 0.1) is 12.5 Å². The minimum Gasteiger partial charge on any atom is -0.481 e. The van der Waals surface area contributed by atoms with Gasteiger partial charge in [-0.05, 0) is 33.9 Å². The summed E-state index contributed by atoms with van der Waals surface area (Å²) in [6, 6.07) is 18.5. The summed E-state index contributed by atoms with van der Waals surface area (Å²) in [4.78, 5) is 27.7. The molecule has 1 aliphatic rings. The minimum absolute atomic E-state index is 0.0710. The van der Waals surface area contributed by atoms with Crippen molar-refractivity contribution in [3.8, 4) is 11.1 Å². The summed E-state index contributed by atoms with van der Waals surface area (Å²) in [5.74, 6) is -1.12. The Morgan fingerprint density at radius 1 is 1.03 bits per heavy atom. The van der Waals surface area contributed by atoms with Gasteiger partial charge in [-0.1, -0.05) is 66.2 Å². The highest BCUT2D eigenvalue weighted by molar-refractivity contribution is 6.29. The predicted octanol–water partition coefficient (Wildman–Crippen LogP) is 4.79. The Hall–Kier alpha value is -3.38. The van der Waals surface area contributed by atoms with Gasteiger partial charge in [-0.25, -0.2) is 9.78 Å². The average Bonchev–Trinajstić information content (AvgIpc) is 3.06. The number of aromatic nitrogens is 1. The van der Waals surface area contributed by atoms with Crippen molar-refractivity contribution < 1.29 is 19.4 Å². The smallest absolute Gasteiger partial charge is 0.407 e. The third-order valence-electron chi connectivity index (χ3n) is 5.17. The number of alkyl carbamates (subject to hydrolysis) is 1. The number of carboxylic acid groups (broad SMARTS) is 1. The van der Waals surface area contributed by atoms with Crippen molar-refractivity contribution in [1.82, 2.24) is 10.3 Å². The van der Waals surface area contributed by atoms with Gasteiger partial charge >= 0.3 is 12.1 Å². The molecule has 1 atom stereocenters. The summed E-state index contributed by atoms with van der Waals surface area (Å²) >= 11 is 5.79. The first-order chi connectivity index (χ1) is 14.5. The number of nitrogens with zero attached hydrogens (tertiary/aromatic N) is 1. The third-order valence-corrected chi connectivity index (χ3v) is 5.39. The SMILES string of the molecule is O=C(O)C[C@H](NC(=O)OCC1c2ccccc2-c2ccccc21)c1ccc(Cl)nc1. The van der Waals surface area contributed by atoms with Crippen LogP contribution >= 0.6 is 11.6 Å². The summed E-state index contributed by atoms with van der Waals surface area (Å²) in [5.41, 5.74) is 5.03. The number of halogens is 1. The number of pyridine rings is 1. The Labute approximate surface area is 178 Å². The summed E-state index contributed by atoms with van der Waals surface area (Å²) in [7, 11) is 0. The summed E-state index contributed by atoms with van der Waals surface area (Å²) in [6.45, 7) is 0.151. The standard InChI is InChI=1S/C23H19ClN2O4/c24-21-10-9-14(12-25-21)20(11-22(27)28)26-23(29)30-13-19-17-7-3-1-5-15(17)16-6-2-4-8-18(16)19/h1-10,12,19-20H,11,13H2,(H,26,29)(H,27,28)/t20-/m0/s1. The van der Waals surface area contributed by atoms with Crippen LogP contribution in [0.5, 0.6) is 0 Å². The third kappa shape index (κ3) is 4.14. The van der Waals surface area contributed by atoms with Crippen molar-refractivity contribution in [1.29, 1.82) is 0 Å². The predicted molar refractivity (Wildman–Crippen MR) is 112 cm³/mol. The molecule has 1 amide bonds. The molecule has 0 unspecified atom stereocenters. The van der Waals surface area contributed by atoms with Crippen molar-refractivity contribution in [3.05, 3.63) is 88.7 Å². The van der Waals surface area contributed by atoms with Crippen LogP contribution < -0.4 is 5.32 Å². The quantitative estimate of drug-likeness (QED) is 0.557. The number of fused-ring (bicyclic) bond motifs is 3. The van der Waals surface area contributed by atoms with Crippen LogP contribution in [-0.4, -0.2) is 28.8 Å². The Morgan fingerprint density at radius 3 is 2.23 bits per heavy atom. The molecule has 3 aromatic rings. The number of ether oxygens (including phenoxy) is 1.